The second kappa shape index (κ2) is 23.3. The van der Waals surface area contributed by atoms with E-state index in [0.29, 0.717) is 56.6 Å². The number of hydrogen-bond donors (Lipinski definition) is 5. The minimum absolute atomic E-state index is 0.285. The van der Waals surface area contributed by atoms with Crippen molar-refractivity contribution in [1.82, 2.24) is 29.1 Å². The fourth-order valence-electron chi connectivity index (χ4n) is 9.53. The zero-order valence-electron chi connectivity index (χ0n) is 41.5. The topological polar surface area (TPSA) is 192 Å². The average Bonchev–Trinajstić information content (AvgIpc) is 4.23. The summed E-state index contributed by atoms with van der Waals surface area (Å²) in [6, 6.07) is 29.2. The van der Waals surface area contributed by atoms with Gasteiger partial charge in [0.15, 0.2) is 11.6 Å². The van der Waals surface area contributed by atoms with Crippen molar-refractivity contribution in [2.45, 2.75) is 85.1 Å². The lowest BCUT2D eigenvalue weighted by Gasteiger charge is -2.25. The molecule has 0 unspecified atom stereocenters. The van der Waals surface area contributed by atoms with Crippen molar-refractivity contribution in [1.29, 1.82) is 0 Å². The molecule has 4 aromatic heterocycles. The Labute approximate surface area is 419 Å². The summed E-state index contributed by atoms with van der Waals surface area (Å²) in [6.45, 7) is 13.2. The summed E-state index contributed by atoms with van der Waals surface area (Å²) >= 11 is 0. The van der Waals surface area contributed by atoms with E-state index in [0.717, 1.165) is 136 Å². The Morgan fingerprint density at radius 3 is 1.64 bits per heavy atom. The maximum Gasteiger partial charge on any atom is 0.419 e. The third kappa shape index (κ3) is 11.0. The maximum absolute atomic E-state index is 12.8. The normalized spacial score (nSPS) is 14.3. The molecule has 0 radical (unpaired) electrons. The molecule has 2 aliphatic rings. The van der Waals surface area contributed by atoms with Crippen molar-refractivity contribution >= 4 is 45.4 Å². The Hall–Kier alpha value is -7.24. The van der Waals surface area contributed by atoms with Gasteiger partial charge in [0.2, 0.25) is 0 Å². The van der Waals surface area contributed by atoms with Gasteiger partial charge in [0.05, 0.1) is 70.4 Å². The van der Waals surface area contributed by atoms with Gasteiger partial charge in [-0.05, 0) is 99.4 Å². The number of fused-ring (bicyclic) bond motifs is 2. The molecular formula is C56H64N8O8. The molecule has 2 aliphatic heterocycles. The lowest BCUT2D eigenvalue weighted by Crippen LogP contribution is -2.28. The van der Waals surface area contributed by atoms with Crippen LogP contribution >= 0.6 is 0 Å². The molecule has 5 N–H and O–H groups in total. The summed E-state index contributed by atoms with van der Waals surface area (Å²) in [7, 11) is 0. The molecule has 376 valence electrons. The van der Waals surface area contributed by atoms with E-state index in [1.54, 1.807) is 25.5 Å². The Balaban J connectivity index is 0.000000178. The van der Waals surface area contributed by atoms with Gasteiger partial charge in [-0.25, -0.2) is 28.7 Å². The third-order valence-electron chi connectivity index (χ3n) is 13.0. The predicted octanol–water partition coefficient (Wildman–Crippen LogP) is 11.7. The predicted molar refractivity (Wildman–Crippen MR) is 281 cm³/mol. The number of carboxylic acid groups (broad SMARTS) is 1. The third-order valence-corrected chi connectivity index (χ3v) is 13.0. The van der Waals surface area contributed by atoms with Gasteiger partial charge >= 0.3 is 12.2 Å². The molecule has 0 bridgehead atoms. The highest BCUT2D eigenvalue weighted by molar-refractivity contribution is 6.09. The van der Waals surface area contributed by atoms with Crippen molar-refractivity contribution in [3.8, 4) is 45.3 Å². The molecule has 0 aliphatic carbocycles. The van der Waals surface area contributed by atoms with Gasteiger partial charge in [-0.15, -0.1) is 0 Å². The number of carbonyl (C=O) groups excluding carboxylic acids is 1. The molecule has 2 saturated heterocycles. The van der Waals surface area contributed by atoms with Crippen molar-refractivity contribution in [3.63, 3.8) is 0 Å². The second-order valence-electron chi connectivity index (χ2n) is 17.8. The van der Waals surface area contributed by atoms with E-state index in [1.807, 2.05) is 69.3 Å². The average molecular weight is 977 g/mol. The Kier molecular flexibility index (Phi) is 16.1. The highest BCUT2D eigenvalue weighted by Gasteiger charge is 2.27. The minimum Gasteiger partial charge on any atom is -0.464 e. The largest absolute Gasteiger partial charge is 0.464 e. The second-order valence-corrected chi connectivity index (χ2v) is 17.8. The molecule has 16 nitrogen and oxygen atoms in total. The van der Waals surface area contributed by atoms with Crippen LogP contribution in [0.15, 0.2) is 104 Å². The number of aromatic amines is 2. The van der Waals surface area contributed by atoms with Crippen molar-refractivity contribution < 1.29 is 38.4 Å². The van der Waals surface area contributed by atoms with Crippen molar-refractivity contribution in [2.75, 3.05) is 56.9 Å². The number of anilines is 2. The summed E-state index contributed by atoms with van der Waals surface area (Å²) in [5.41, 5.74) is 12.0. The number of carbonyl (C=O) groups is 2. The molecule has 4 aromatic carbocycles. The van der Waals surface area contributed by atoms with Gasteiger partial charge in [-0.1, -0.05) is 67.6 Å². The van der Waals surface area contributed by atoms with Crippen LogP contribution in [-0.2, 0) is 43.3 Å². The Morgan fingerprint density at radius 2 is 1.18 bits per heavy atom. The lowest BCUT2D eigenvalue weighted by molar-refractivity contribution is 0.0903. The van der Waals surface area contributed by atoms with E-state index in [9.17, 15) is 14.7 Å². The van der Waals surface area contributed by atoms with Crippen LogP contribution in [0.1, 0.15) is 70.2 Å². The van der Waals surface area contributed by atoms with Crippen LogP contribution in [0.25, 0.3) is 67.1 Å². The SMILES string of the molecule is CCOCc1cc(NC2CCOCC2)c2[nH]c(-c3ccccc3)c(-c3nc(CC)cn3C(=O)O)c2c1.CCOCc1cc(NC2CCOCC2)c2[nH]c(-c3ccccc3)c(-c3nccn3C(=O)OCC)c2c1. The highest BCUT2D eigenvalue weighted by Crippen LogP contribution is 2.43. The number of ether oxygens (including phenoxy) is 5. The molecule has 0 spiro atoms. The van der Waals surface area contributed by atoms with Gasteiger partial charge in [-0.3, -0.25) is 0 Å². The Bertz CT molecular complexity index is 3090. The van der Waals surface area contributed by atoms with Gasteiger partial charge in [0.25, 0.3) is 0 Å². The van der Waals surface area contributed by atoms with E-state index in [4.69, 9.17) is 28.7 Å². The molecule has 0 atom stereocenters. The number of benzene rings is 4. The fraction of sp³-hybridized carbons (Fsp3) is 0.357. The van der Waals surface area contributed by atoms with Gasteiger partial charge in [-0.2, -0.15) is 0 Å². The molecule has 2 fully saturated rings. The number of hydrogen-bond acceptors (Lipinski definition) is 11. The first-order chi connectivity index (χ1) is 35.3. The summed E-state index contributed by atoms with van der Waals surface area (Å²) in [5, 5.41) is 19.4. The number of nitrogens with one attached hydrogen (secondary N) is 4. The number of H-pyrrole nitrogens is 2. The summed E-state index contributed by atoms with van der Waals surface area (Å²) in [4.78, 5) is 41.7. The smallest absolute Gasteiger partial charge is 0.419 e. The molecular weight excluding hydrogens is 913 g/mol. The summed E-state index contributed by atoms with van der Waals surface area (Å²) in [6.07, 6.45) is 7.77. The van der Waals surface area contributed by atoms with E-state index >= 15 is 0 Å². The van der Waals surface area contributed by atoms with Crippen molar-refractivity contribution in [3.05, 3.63) is 120 Å². The number of rotatable bonds is 16. The van der Waals surface area contributed by atoms with Crippen LogP contribution < -0.4 is 10.6 Å². The van der Waals surface area contributed by atoms with E-state index < -0.39 is 12.2 Å². The van der Waals surface area contributed by atoms with E-state index in [2.05, 4.69) is 62.0 Å². The quantitative estimate of drug-likeness (QED) is 0.0616. The van der Waals surface area contributed by atoms with Gasteiger partial charge < -0.3 is 49.4 Å². The van der Waals surface area contributed by atoms with Crippen LogP contribution in [0.3, 0.4) is 0 Å². The first kappa shape index (κ1) is 49.7. The fourth-order valence-corrected chi connectivity index (χ4v) is 9.53. The van der Waals surface area contributed by atoms with Gasteiger partial charge in [0.1, 0.15) is 0 Å². The zero-order chi connectivity index (χ0) is 50.0. The molecule has 0 saturated carbocycles. The maximum atomic E-state index is 12.8. The molecule has 6 heterocycles. The highest BCUT2D eigenvalue weighted by atomic mass is 16.5. The Morgan fingerprint density at radius 1 is 0.681 bits per heavy atom. The standard InChI is InChI=1S/2C28H32N4O4/c1-3-34-18-19-16-22-24(27-29-12-13-32(27)28(33)36-4-2)25(20-8-6-5-7-9-20)31-26(22)23(17-19)30-21-10-14-35-15-11-21;1-3-20-16-32(28(33)34)27(30-20)24-22-14-18(17-35-4-2)15-23(29-21-10-12-36-13-11-21)26(22)31-25(24)19-8-6-5-7-9-19/h5-9,12-13,16-17,21,30-31H,3-4,10-11,14-15,18H2,1-2H3;5-9,14-16,21,29,31H,3-4,10-13,17H2,1-2H3,(H,33,34). The number of imidazole rings is 2. The van der Waals surface area contributed by atoms with Crippen LogP contribution in [0.2, 0.25) is 0 Å². The van der Waals surface area contributed by atoms with E-state index in [-0.39, 0.29) is 6.61 Å². The van der Waals surface area contributed by atoms with Crippen LogP contribution in [0.4, 0.5) is 21.0 Å². The summed E-state index contributed by atoms with van der Waals surface area (Å²) in [5.74, 6) is 0.944. The summed E-state index contributed by atoms with van der Waals surface area (Å²) < 4.78 is 30.7. The first-order valence-electron chi connectivity index (χ1n) is 25.1. The molecule has 0 amide bonds. The number of aryl methyl sites for hydroxylation is 1. The number of aromatic nitrogens is 6. The van der Waals surface area contributed by atoms with Crippen LogP contribution in [-0.4, -0.2) is 105 Å². The van der Waals surface area contributed by atoms with Crippen LogP contribution in [0, 0.1) is 0 Å². The first-order valence-corrected chi connectivity index (χ1v) is 25.1. The monoisotopic (exact) mass is 976 g/mol. The molecule has 10 rings (SSSR count). The van der Waals surface area contributed by atoms with Crippen molar-refractivity contribution in [2.24, 2.45) is 0 Å². The lowest BCUT2D eigenvalue weighted by atomic mass is 10.0. The molecule has 72 heavy (non-hydrogen) atoms. The zero-order valence-corrected chi connectivity index (χ0v) is 41.5. The van der Waals surface area contributed by atoms with Crippen LogP contribution in [0.5, 0.6) is 0 Å². The molecule has 16 heteroatoms. The van der Waals surface area contributed by atoms with Gasteiger partial charge in [0, 0.05) is 81.1 Å². The number of nitrogens with zero attached hydrogens (tertiary/aromatic N) is 4. The molecule has 8 aromatic rings. The van der Waals surface area contributed by atoms with E-state index in [1.165, 1.54) is 9.13 Å². The minimum atomic E-state index is -1.06.